The van der Waals surface area contributed by atoms with Gasteiger partial charge in [-0.3, -0.25) is 18.6 Å². The van der Waals surface area contributed by atoms with E-state index in [1.807, 2.05) is 6.92 Å². The van der Waals surface area contributed by atoms with Crippen LogP contribution >= 0.6 is 7.82 Å². The van der Waals surface area contributed by atoms with Crippen molar-refractivity contribution < 1.29 is 37.9 Å². The van der Waals surface area contributed by atoms with E-state index in [4.69, 9.17) is 13.8 Å². The number of hydrogen-bond donors (Lipinski definition) is 3. The molecule has 1 amide bonds. The third-order valence-electron chi connectivity index (χ3n) is 5.79. The zero-order chi connectivity index (χ0) is 26.9. The topological polar surface area (TPSA) is 131 Å². The Balaban J connectivity index is 3.61. The van der Waals surface area contributed by atoms with Gasteiger partial charge in [0.25, 0.3) is 0 Å². The Morgan fingerprint density at radius 1 is 0.750 bits per heavy atom. The first-order chi connectivity index (χ1) is 17.3. The molecule has 0 fully saturated rings. The van der Waals surface area contributed by atoms with Crippen LogP contribution in [0.5, 0.6) is 0 Å². The Morgan fingerprint density at radius 2 is 1.28 bits per heavy atom. The molecule has 0 aliphatic carbocycles. The molecule has 9 nitrogen and oxygen atoms in total. The summed E-state index contributed by atoms with van der Waals surface area (Å²) in [7, 11) is -4.37. The number of carbonyl (C=O) groups is 2. The highest BCUT2D eigenvalue weighted by Crippen LogP contribution is 2.42. The number of rotatable bonds is 26. The van der Waals surface area contributed by atoms with Gasteiger partial charge in [0, 0.05) is 19.4 Å². The van der Waals surface area contributed by atoms with Gasteiger partial charge >= 0.3 is 13.8 Å². The molecule has 0 aliphatic rings. The Labute approximate surface area is 218 Å². The van der Waals surface area contributed by atoms with Gasteiger partial charge in [-0.1, -0.05) is 97.3 Å². The van der Waals surface area contributed by atoms with Gasteiger partial charge in [-0.25, -0.2) is 4.57 Å². The average molecular weight is 538 g/mol. The molecule has 0 saturated heterocycles. The van der Waals surface area contributed by atoms with Crippen molar-refractivity contribution in [1.82, 2.24) is 5.32 Å². The number of amides is 1. The van der Waals surface area contributed by atoms with Gasteiger partial charge in [0.2, 0.25) is 5.91 Å². The lowest BCUT2D eigenvalue weighted by molar-refractivity contribution is -0.147. The lowest BCUT2D eigenvalue weighted by atomic mass is 10.0. The van der Waals surface area contributed by atoms with Crippen molar-refractivity contribution in [3.63, 3.8) is 0 Å². The van der Waals surface area contributed by atoms with Crippen LogP contribution in [0.25, 0.3) is 0 Å². The van der Waals surface area contributed by atoms with Gasteiger partial charge in [-0.05, 0) is 12.8 Å². The van der Waals surface area contributed by atoms with Crippen LogP contribution in [-0.2, 0) is 27.9 Å². The van der Waals surface area contributed by atoms with E-state index in [-0.39, 0.29) is 32.1 Å². The summed E-state index contributed by atoms with van der Waals surface area (Å²) in [6, 6.07) is 0. The van der Waals surface area contributed by atoms with Crippen LogP contribution in [0.2, 0.25) is 0 Å². The van der Waals surface area contributed by atoms with Gasteiger partial charge in [0.15, 0.2) is 0 Å². The Morgan fingerprint density at radius 3 is 1.83 bits per heavy atom. The fourth-order valence-corrected chi connectivity index (χ4v) is 4.35. The molecule has 3 N–H and O–H groups in total. The summed E-state index contributed by atoms with van der Waals surface area (Å²) in [5.41, 5.74) is 0. The number of unbranched alkanes of at least 4 members (excludes halogenated alkanes) is 13. The number of esters is 1. The normalized spacial score (nSPS) is 13.8. The second-order valence-corrected chi connectivity index (χ2v) is 10.8. The van der Waals surface area contributed by atoms with Gasteiger partial charge in [0.1, 0.15) is 12.7 Å². The summed E-state index contributed by atoms with van der Waals surface area (Å²) in [5, 5.41) is 12.4. The molecular formula is C26H52NO8P. The van der Waals surface area contributed by atoms with Gasteiger partial charge < -0.3 is 20.1 Å². The van der Waals surface area contributed by atoms with E-state index in [9.17, 15) is 24.2 Å². The zero-order valence-corrected chi connectivity index (χ0v) is 23.6. The van der Waals surface area contributed by atoms with Gasteiger partial charge in [0.05, 0.1) is 13.2 Å². The van der Waals surface area contributed by atoms with Crippen molar-refractivity contribution in [2.45, 2.75) is 129 Å². The molecule has 10 heteroatoms. The second kappa shape index (κ2) is 24.4. The van der Waals surface area contributed by atoms with Gasteiger partial charge in [-0.2, -0.15) is 0 Å². The SMILES string of the molecule is CCCCCCCCCCCCCCCC(=O)OCC(O)COP(=O)(O)OCCNC(=O)CCCC. The van der Waals surface area contributed by atoms with Crippen LogP contribution < -0.4 is 5.32 Å². The molecule has 2 atom stereocenters. The first-order valence-corrected chi connectivity index (χ1v) is 15.5. The number of phosphoric acid groups is 1. The van der Waals surface area contributed by atoms with Crippen molar-refractivity contribution in [2.24, 2.45) is 0 Å². The minimum absolute atomic E-state index is 0.0792. The number of nitrogens with one attached hydrogen (secondary N) is 1. The van der Waals surface area contributed by atoms with Crippen molar-refractivity contribution in [1.29, 1.82) is 0 Å². The van der Waals surface area contributed by atoms with E-state index >= 15 is 0 Å². The molecular weight excluding hydrogens is 485 g/mol. The third-order valence-corrected chi connectivity index (χ3v) is 6.77. The molecule has 0 aromatic heterocycles. The van der Waals surface area contributed by atoms with E-state index in [0.29, 0.717) is 6.42 Å². The fourth-order valence-electron chi connectivity index (χ4n) is 3.59. The van der Waals surface area contributed by atoms with Crippen LogP contribution in [0.15, 0.2) is 0 Å². The van der Waals surface area contributed by atoms with E-state index in [2.05, 4.69) is 12.2 Å². The largest absolute Gasteiger partial charge is 0.472 e. The van der Waals surface area contributed by atoms with E-state index < -0.39 is 26.5 Å². The quantitative estimate of drug-likeness (QED) is 0.0715. The summed E-state index contributed by atoms with van der Waals surface area (Å²) in [6.07, 6.45) is 17.1. The molecule has 0 aromatic carbocycles. The summed E-state index contributed by atoms with van der Waals surface area (Å²) in [6.45, 7) is 3.27. The molecule has 0 spiro atoms. The molecule has 0 saturated carbocycles. The molecule has 0 radical (unpaired) electrons. The van der Waals surface area contributed by atoms with Crippen molar-refractivity contribution in [2.75, 3.05) is 26.4 Å². The minimum Gasteiger partial charge on any atom is -0.463 e. The molecule has 0 rings (SSSR count). The maximum atomic E-state index is 11.8. The minimum atomic E-state index is -4.37. The average Bonchev–Trinajstić information content (AvgIpc) is 2.85. The maximum absolute atomic E-state index is 11.8. The smallest absolute Gasteiger partial charge is 0.463 e. The molecule has 0 heterocycles. The molecule has 2 unspecified atom stereocenters. The molecule has 214 valence electrons. The van der Waals surface area contributed by atoms with Crippen LogP contribution in [0, 0.1) is 0 Å². The third kappa shape index (κ3) is 24.7. The molecule has 0 bridgehead atoms. The number of aliphatic hydroxyl groups is 1. The van der Waals surface area contributed by atoms with Gasteiger partial charge in [-0.15, -0.1) is 0 Å². The first kappa shape index (κ1) is 35.0. The standard InChI is InChI=1S/C26H52NO8P/c1-3-5-7-8-9-10-11-12-13-14-15-16-17-19-26(30)33-22-24(28)23-35-36(31,32)34-21-20-27-25(29)18-6-4-2/h24,28H,3-23H2,1-2H3,(H,27,29)(H,31,32). The Hall–Kier alpha value is -0.990. The highest BCUT2D eigenvalue weighted by Gasteiger charge is 2.23. The van der Waals surface area contributed by atoms with Crippen molar-refractivity contribution in [3.8, 4) is 0 Å². The van der Waals surface area contributed by atoms with Crippen LogP contribution in [0.3, 0.4) is 0 Å². The van der Waals surface area contributed by atoms with Crippen molar-refractivity contribution in [3.05, 3.63) is 0 Å². The highest BCUT2D eigenvalue weighted by molar-refractivity contribution is 7.47. The molecule has 0 aromatic rings. The summed E-state index contributed by atoms with van der Waals surface area (Å²) >= 11 is 0. The van der Waals surface area contributed by atoms with E-state index in [1.54, 1.807) is 0 Å². The number of carbonyl (C=O) groups excluding carboxylic acids is 2. The lowest BCUT2D eigenvalue weighted by Gasteiger charge is -2.15. The molecule has 36 heavy (non-hydrogen) atoms. The highest BCUT2D eigenvalue weighted by atomic mass is 31.2. The van der Waals surface area contributed by atoms with Crippen LogP contribution in [0.1, 0.15) is 123 Å². The van der Waals surface area contributed by atoms with E-state index in [0.717, 1.165) is 32.1 Å². The maximum Gasteiger partial charge on any atom is 0.472 e. The summed E-state index contributed by atoms with van der Waals surface area (Å²) in [4.78, 5) is 32.9. The fraction of sp³-hybridized carbons (Fsp3) is 0.923. The zero-order valence-electron chi connectivity index (χ0n) is 22.7. The number of aliphatic hydroxyl groups excluding tert-OH is 1. The number of phosphoric ester groups is 1. The summed E-state index contributed by atoms with van der Waals surface area (Å²) in [5.74, 6) is -0.551. The van der Waals surface area contributed by atoms with Crippen LogP contribution in [0.4, 0.5) is 0 Å². The monoisotopic (exact) mass is 537 g/mol. The predicted octanol–water partition coefficient (Wildman–Crippen LogP) is 5.81. The first-order valence-electron chi connectivity index (χ1n) is 14.0. The summed E-state index contributed by atoms with van der Waals surface area (Å²) < 4.78 is 26.3. The van der Waals surface area contributed by atoms with E-state index in [1.165, 1.54) is 64.2 Å². The Kier molecular flexibility index (Phi) is 23.7. The second-order valence-electron chi connectivity index (χ2n) is 9.38. The lowest BCUT2D eigenvalue weighted by Crippen LogP contribution is -2.27. The number of ether oxygens (including phenoxy) is 1. The Bertz CT molecular complexity index is 590. The van der Waals surface area contributed by atoms with Crippen LogP contribution in [-0.4, -0.2) is 54.3 Å². The molecule has 0 aliphatic heterocycles. The predicted molar refractivity (Wildman–Crippen MR) is 142 cm³/mol. The van der Waals surface area contributed by atoms with Crippen molar-refractivity contribution >= 4 is 19.7 Å². The number of hydrogen-bond acceptors (Lipinski definition) is 7.